The molecule has 0 aliphatic carbocycles. The molecule has 0 unspecified atom stereocenters. The molecule has 1 aromatic heterocycles. The smallest absolute Gasteiger partial charge is 0.146 e. The van der Waals surface area contributed by atoms with Crippen molar-refractivity contribution in [3.63, 3.8) is 0 Å². The highest BCUT2D eigenvalue weighted by Crippen LogP contribution is 2.17. The molecular formula is C14H21N5. The van der Waals surface area contributed by atoms with Crippen molar-refractivity contribution in [2.75, 3.05) is 24.3 Å². The number of anilines is 2. The van der Waals surface area contributed by atoms with Gasteiger partial charge in [0, 0.05) is 32.0 Å². The molecule has 0 saturated carbocycles. The highest BCUT2D eigenvalue weighted by atomic mass is 15.3. The lowest BCUT2D eigenvalue weighted by atomic mass is 10.2. The van der Waals surface area contributed by atoms with E-state index < -0.39 is 0 Å². The van der Waals surface area contributed by atoms with Gasteiger partial charge < -0.3 is 10.2 Å². The quantitative estimate of drug-likeness (QED) is 0.865. The van der Waals surface area contributed by atoms with Gasteiger partial charge in [0.15, 0.2) is 0 Å². The Labute approximate surface area is 114 Å². The van der Waals surface area contributed by atoms with Gasteiger partial charge in [-0.25, -0.2) is 9.67 Å². The van der Waals surface area contributed by atoms with Crippen LogP contribution in [0.5, 0.6) is 0 Å². The van der Waals surface area contributed by atoms with Crippen LogP contribution in [-0.4, -0.2) is 28.9 Å². The number of benzene rings is 1. The summed E-state index contributed by atoms with van der Waals surface area (Å²) >= 11 is 0. The van der Waals surface area contributed by atoms with Gasteiger partial charge in [0.25, 0.3) is 0 Å². The van der Waals surface area contributed by atoms with Crippen LogP contribution in [0.3, 0.4) is 0 Å². The van der Waals surface area contributed by atoms with E-state index in [9.17, 15) is 0 Å². The molecule has 0 spiro atoms. The van der Waals surface area contributed by atoms with Crippen LogP contribution >= 0.6 is 0 Å². The van der Waals surface area contributed by atoms with E-state index in [1.165, 1.54) is 5.69 Å². The predicted molar refractivity (Wildman–Crippen MR) is 78.4 cm³/mol. The average Bonchev–Trinajstić information content (AvgIpc) is 2.85. The Balaban J connectivity index is 2.02. The summed E-state index contributed by atoms with van der Waals surface area (Å²) in [6, 6.07) is 8.33. The molecule has 1 heterocycles. The lowest BCUT2D eigenvalue weighted by Crippen LogP contribution is -2.11. The summed E-state index contributed by atoms with van der Waals surface area (Å²) in [6.07, 6.45) is 2.68. The monoisotopic (exact) mass is 259 g/mol. The van der Waals surface area contributed by atoms with Crippen molar-refractivity contribution in [3.05, 3.63) is 36.4 Å². The minimum atomic E-state index is 0.691. The standard InChI is InChI=1S/C14H21N5/c1-4-8-19-14(16-11-17-19)10-15-12-6-5-7-13(9-12)18(2)3/h5-7,9,11,15H,4,8,10H2,1-3H3. The van der Waals surface area contributed by atoms with Gasteiger partial charge in [0.1, 0.15) is 12.2 Å². The van der Waals surface area contributed by atoms with Gasteiger partial charge in [-0.05, 0) is 24.6 Å². The minimum Gasteiger partial charge on any atom is -0.378 e. The van der Waals surface area contributed by atoms with E-state index in [-0.39, 0.29) is 0 Å². The summed E-state index contributed by atoms with van der Waals surface area (Å²) in [5, 5.41) is 7.61. The molecule has 0 radical (unpaired) electrons. The maximum absolute atomic E-state index is 4.29. The minimum absolute atomic E-state index is 0.691. The Morgan fingerprint density at radius 3 is 2.89 bits per heavy atom. The van der Waals surface area contributed by atoms with Crippen molar-refractivity contribution >= 4 is 11.4 Å². The molecule has 0 aliphatic rings. The lowest BCUT2D eigenvalue weighted by Gasteiger charge is -2.14. The van der Waals surface area contributed by atoms with Crippen molar-refractivity contribution < 1.29 is 0 Å². The second-order valence-electron chi connectivity index (χ2n) is 4.70. The summed E-state index contributed by atoms with van der Waals surface area (Å²) in [7, 11) is 4.08. The Hall–Kier alpha value is -2.04. The average molecular weight is 259 g/mol. The maximum Gasteiger partial charge on any atom is 0.146 e. The molecule has 5 nitrogen and oxygen atoms in total. The first-order chi connectivity index (χ1) is 9.20. The van der Waals surface area contributed by atoms with Gasteiger partial charge in [-0.15, -0.1) is 0 Å². The first-order valence-electron chi connectivity index (χ1n) is 6.58. The molecule has 5 heteroatoms. The van der Waals surface area contributed by atoms with Crippen LogP contribution in [0.4, 0.5) is 11.4 Å². The van der Waals surface area contributed by atoms with Gasteiger partial charge in [-0.1, -0.05) is 13.0 Å². The Morgan fingerprint density at radius 2 is 2.16 bits per heavy atom. The normalized spacial score (nSPS) is 10.5. The topological polar surface area (TPSA) is 46.0 Å². The zero-order valence-electron chi connectivity index (χ0n) is 11.8. The molecule has 2 aromatic rings. The third-order valence-electron chi connectivity index (χ3n) is 2.94. The fourth-order valence-electron chi connectivity index (χ4n) is 1.90. The zero-order valence-corrected chi connectivity index (χ0v) is 11.8. The molecule has 0 aliphatic heterocycles. The largest absolute Gasteiger partial charge is 0.378 e. The van der Waals surface area contributed by atoms with E-state index in [2.05, 4.69) is 51.5 Å². The summed E-state index contributed by atoms with van der Waals surface area (Å²) in [6.45, 7) is 3.74. The van der Waals surface area contributed by atoms with Gasteiger partial charge in [-0.2, -0.15) is 5.10 Å². The molecule has 19 heavy (non-hydrogen) atoms. The van der Waals surface area contributed by atoms with Crippen molar-refractivity contribution in [1.82, 2.24) is 14.8 Å². The summed E-state index contributed by atoms with van der Waals surface area (Å²) in [5.41, 5.74) is 2.28. The molecule has 0 atom stereocenters. The van der Waals surface area contributed by atoms with E-state index >= 15 is 0 Å². The number of nitrogens with one attached hydrogen (secondary N) is 1. The highest BCUT2D eigenvalue weighted by molar-refractivity contribution is 5.57. The number of nitrogens with zero attached hydrogens (tertiary/aromatic N) is 4. The van der Waals surface area contributed by atoms with Crippen LogP contribution in [0.1, 0.15) is 19.2 Å². The second kappa shape index (κ2) is 6.22. The van der Waals surface area contributed by atoms with Crippen LogP contribution < -0.4 is 10.2 Å². The Bertz CT molecular complexity index is 518. The fraction of sp³-hybridized carbons (Fsp3) is 0.429. The van der Waals surface area contributed by atoms with Crippen molar-refractivity contribution in [1.29, 1.82) is 0 Å². The fourth-order valence-corrected chi connectivity index (χ4v) is 1.90. The molecule has 102 valence electrons. The molecule has 1 aromatic carbocycles. The summed E-state index contributed by atoms with van der Waals surface area (Å²) in [4.78, 5) is 6.37. The number of hydrogen-bond acceptors (Lipinski definition) is 4. The summed E-state index contributed by atoms with van der Waals surface area (Å²) < 4.78 is 1.95. The second-order valence-corrected chi connectivity index (χ2v) is 4.70. The highest BCUT2D eigenvalue weighted by Gasteiger charge is 2.03. The first-order valence-corrected chi connectivity index (χ1v) is 6.58. The summed E-state index contributed by atoms with van der Waals surface area (Å²) in [5.74, 6) is 0.970. The third kappa shape index (κ3) is 3.47. The molecule has 0 fully saturated rings. The molecular weight excluding hydrogens is 238 g/mol. The zero-order chi connectivity index (χ0) is 13.7. The van der Waals surface area contributed by atoms with Gasteiger partial charge in [0.05, 0.1) is 6.54 Å². The van der Waals surface area contributed by atoms with Crippen molar-refractivity contribution in [2.45, 2.75) is 26.4 Å². The number of rotatable bonds is 6. The van der Waals surface area contributed by atoms with E-state index in [1.807, 2.05) is 18.8 Å². The van der Waals surface area contributed by atoms with E-state index in [0.717, 1.165) is 24.5 Å². The number of hydrogen-bond donors (Lipinski definition) is 1. The molecule has 0 saturated heterocycles. The Morgan fingerprint density at radius 1 is 1.32 bits per heavy atom. The van der Waals surface area contributed by atoms with E-state index in [1.54, 1.807) is 6.33 Å². The van der Waals surface area contributed by atoms with Gasteiger partial charge in [0.2, 0.25) is 0 Å². The predicted octanol–water partition coefficient (Wildman–Crippen LogP) is 2.37. The molecule has 0 amide bonds. The lowest BCUT2D eigenvalue weighted by molar-refractivity contribution is 0.574. The first kappa shape index (κ1) is 13.4. The third-order valence-corrected chi connectivity index (χ3v) is 2.94. The van der Waals surface area contributed by atoms with Crippen LogP contribution in [0, 0.1) is 0 Å². The Kier molecular flexibility index (Phi) is 4.39. The van der Waals surface area contributed by atoms with E-state index in [0.29, 0.717) is 6.54 Å². The van der Waals surface area contributed by atoms with Crippen LogP contribution in [-0.2, 0) is 13.1 Å². The van der Waals surface area contributed by atoms with Gasteiger partial charge >= 0.3 is 0 Å². The van der Waals surface area contributed by atoms with Crippen molar-refractivity contribution in [3.8, 4) is 0 Å². The van der Waals surface area contributed by atoms with E-state index in [4.69, 9.17) is 0 Å². The van der Waals surface area contributed by atoms with Crippen LogP contribution in [0.2, 0.25) is 0 Å². The van der Waals surface area contributed by atoms with Crippen molar-refractivity contribution in [2.24, 2.45) is 0 Å². The van der Waals surface area contributed by atoms with Crippen LogP contribution in [0.25, 0.3) is 0 Å². The SMILES string of the molecule is CCCn1ncnc1CNc1cccc(N(C)C)c1. The van der Waals surface area contributed by atoms with Gasteiger partial charge in [-0.3, -0.25) is 0 Å². The number of aryl methyl sites for hydroxylation is 1. The molecule has 2 rings (SSSR count). The molecule has 1 N–H and O–H groups in total. The number of aromatic nitrogens is 3. The maximum atomic E-state index is 4.29. The molecule has 0 bridgehead atoms. The van der Waals surface area contributed by atoms with Crippen LogP contribution in [0.15, 0.2) is 30.6 Å².